The lowest BCUT2D eigenvalue weighted by Gasteiger charge is -2.09. The highest BCUT2D eigenvalue weighted by molar-refractivity contribution is 6.35. The second-order valence-electron chi connectivity index (χ2n) is 4.65. The highest BCUT2D eigenvalue weighted by atomic mass is 35.5. The van der Waals surface area contributed by atoms with Crippen LogP contribution in [0.4, 0.5) is 0 Å². The lowest BCUT2D eigenvalue weighted by Crippen LogP contribution is -1.98. The molecule has 0 aliphatic carbocycles. The predicted molar refractivity (Wildman–Crippen MR) is 85.0 cm³/mol. The standard InChI is InChI=1S/C15H12Cl2N4O/c1-21-8-15(19-20-21)14-6-5-10(7-18-14)22-9-11-12(16)3-2-4-13(11)17/h2-8H,9H2,1H3. The van der Waals surface area contributed by atoms with Gasteiger partial charge in [-0.15, -0.1) is 5.10 Å². The fourth-order valence-electron chi connectivity index (χ4n) is 1.91. The minimum absolute atomic E-state index is 0.282. The van der Waals surface area contributed by atoms with Crippen LogP contribution in [0.2, 0.25) is 10.0 Å². The van der Waals surface area contributed by atoms with Crippen LogP contribution in [0.5, 0.6) is 5.75 Å². The van der Waals surface area contributed by atoms with Crippen LogP contribution in [0.15, 0.2) is 42.7 Å². The lowest BCUT2D eigenvalue weighted by atomic mass is 10.2. The quantitative estimate of drug-likeness (QED) is 0.728. The summed E-state index contributed by atoms with van der Waals surface area (Å²) in [5, 5.41) is 9.04. The summed E-state index contributed by atoms with van der Waals surface area (Å²) in [6.07, 6.45) is 3.43. The average Bonchev–Trinajstić information content (AvgIpc) is 2.94. The van der Waals surface area contributed by atoms with Crippen molar-refractivity contribution in [2.45, 2.75) is 6.61 Å². The lowest BCUT2D eigenvalue weighted by molar-refractivity contribution is 0.305. The van der Waals surface area contributed by atoms with Crippen molar-refractivity contribution in [3.63, 3.8) is 0 Å². The first kappa shape index (κ1) is 14.8. The molecule has 3 rings (SSSR count). The number of hydrogen-bond donors (Lipinski definition) is 0. The number of nitrogens with zero attached hydrogens (tertiary/aromatic N) is 4. The van der Waals surface area contributed by atoms with Crippen molar-refractivity contribution in [2.24, 2.45) is 7.05 Å². The van der Waals surface area contributed by atoms with E-state index in [1.165, 1.54) is 0 Å². The van der Waals surface area contributed by atoms with Crippen molar-refractivity contribution in [2.75, 3.05) is 0 Å². The van der Waals surface area contributed by atoms with Gasteiger partial charge in [-0.1, -0.05) is 34.5 Å². The van der Waals surface area contributed by atoms with Gasteiger partial charge in [0.25, 0.3) is 0 Å². The molecule has 2 aromatic heterocycles. The van der Waals surface area contributed by atoms with Gasteiger partial charge < -0.3 is 4.74 Å². The Kier molecular flexibility index (Phi) is 4.27. The summed E-state index contributed by atoms with van der Waals surface area (Å²) >= 11 is 12.2. The summed E-state index contributed by atoms with van der Waals surface area (Å²) in [7, 11) is 1.81. The number of aryl methyl sites for hydroxylation is 1. The minimum Gasteiger partial charge on any atom is -0.487 e. The van der Waals surface area contributed by atoms with Crippen molar-refractivity contribution < 1.29 is 4.74 Å². The van der Waals surface area contributed by atoms with Crippen LogP contribution in [-0.2, 0) is 13.7 Å². The monoisotopic (exact) mass is 334 g/mol. The normalized spacial score (nSPS) is 10.7. The molecule has 0 saturated heterocycles. The number of pyridine rings is 1. The van der Waals surface area contributed by atoms with Gasteiger partial charge in [-0.3, -0.25) is 9.67 Å². The Balaban J connectivity index is 1.71. The van der Waals surface area contributed by atoms with Gasteiger partial charge in [0.1, 0.15) is 18.1 Å². The van der Waals surface area contributed by atoms with Crippen molar-refractivity contribution >= 4 is 23.2 Å². The van der Waals surface area contributed by atoms with Gasteiger partial charge in [0, 0.05) is 22.7 Å². The van der Waals surface area contributed by atoms with Crippen LogP contribution >= 0.6 is 23.2 Å². The maximum atomic E-state index is 6.11. The molecule has 2 heterocycles. The maximum Gasteiger partial charge on any atom is 0.138 e. The summed E-state index contributed by atoms with van der Waals surface area (Å²) in [6.45, 7) is 0.282. The van der Waals surface area contributed by atoms with Gasteiger partial charge in [0.15, 0.2) is 0 Å². The molecule has 0 fully saturated rings. The van der Waals surface area contributed by atoms with Crippen LogP contribution in [0.25, 0.3) is 11.4 Å². The number of rotatable bonds is 4. The Morgan fingerprint density at radius 1 is 1.09 bits per heavy atom. The van der Waals surface area contributed by atoms with Gasteiger partial charge in [-0.25, -0.2) is 0 Å². The second kappa shape index (κ2) is 6.34. The third kappa shape index (κ3) is 3.21. The zero-order valence-electron chi connectivity index (χ0n) is 11.7. The fraction of sp³-hybridized carbons (Fsp3) is 0.133. The number of ether oxygens (including phenoxy) is 1. The molecule has 3 aromatic rings. The van der Waals surface area contributed by atoms with E-state index in [2.05, 4.69) is 15.3 Å². The molecule has 0 aliphatic rings. The predicted octanol–water partition coefficient (Wildman–Crippen LogP) is 3.76. The van der Waals surface area contributed by atoms with E-state index in [1.54, 1.807) is 42.3 Å². The van der Waals surface area contributed by atoms with E-state index in [4.69, 9.17) is 27.9 Å². The van der Waals surface area contributed by atoms with E-state index < -0.39 is 0 Å². The Morgan fingerprint density at radius 2 is 1.86 bits per heavy atom. The Hall–Kier alpha value is -2.11. The summed E-state index contributed by atoms with van der Waals surface area (Å²) in [6, 6.07) is 9.00. The summed E-state index contributed by atoms with van der Waals surface area (Å²) in [5.74, 6) is 0.628. The Labute approximate surface area is 137 Å². The Morgan fingerprint density at radius 3 is 2.45 bits per heavy atom. The van der Waals surface area contributed by atoms with Gasteiger partial charge in [0.2, 0.25) is 0 Å². The molecule has 0 spiro atoms. The average molecular weight is 335 g/mol. The largest absolute Gasteiger partial charge is 0.487 e. The summed E-state index contributed by atoms with van der Waals surface area (Å²) < 4.78 is 7.30. The first-order valence-corrected chi connectivity index (χ1v) is 7.27. The SMILES string of the molecule is Cn1cc(-c2ccc(OCc3c(Cl)cccc3Cl)cn2)nn1. The molecular formula is C15H12Cl2N4O. The highest BCUT2D eigenvalue weighted by Gasteiger charge is 2.08. The summed E-state index contributed by atoms with van der Waals surface area (Å²) in [5.41, 5.74) is 2.20. The zero-order valence-corrected chi connectivity index (χ0v) is 13.2. The van der Waals surface area contributed by atoms with Crippen LogP contribution in [0.1, 0.15) is 5.56 Å². The van der Waals surface area contributed by atoms with Crippen LogP contribution in [0, 0.1) is 0 Å². The molecular weight excluding hydrogens is 323 g/mol. The van der Waals surface area contributed by atoms with Crippen LogP contribution in [-0.4, -0.2) is 20.0 Å². The van der Waals surface area contributed by atoms with E-state index in [0.29, 0.717) is 21.5 Å². The molecule has 1 aromatic carbocycles. The third-order valence-electron chi connectivity index (χ3n) is 3.05. The number of hydrogen-bond acceptors (Lipinski definition) is 4. The number of benzene rings is 1. The molecule has 7 heteroatoms. The van der Waals surface area contributed by atoms with E-state index in [1.807, 2.05) is 12.1 Å². The van der Waals surface area contributed by atoms with E-state index in [0.717, 1.165) is 11.3 Å². The zero-order chi connectivity index (χ0) is 15.5. The minimum atomic E-state index is 0.282. The van der Waals surface area contributed by atoms with Crippen molar-refractivity contribution in [1.82, 2.24) is 20.0 Å². The number of halogens is 2. The molecule has 0 bridgehead atoms. The molecule has 0 amide bonds. The second-order valence-corrected chi connectivity index (χ2v) is 5.46. The fourth-order valence-corrected chi connectivity index (χ4v) is 2.41. The number of aromatic nitrogens is 4. The maximum absolute atomic E-state index is 6.11. The molecule has 0 aliphatic heterocycles. The molecule has 112 valence electrons. The molecule has 0 saturated carbocycles. The summed E-state index contributed by atoms with van der Waals surface area (Å²) in [4.78, 5) is 4.31. The van der Waals surface area contributed by atoms with Gasteiger partial charge in [-0.2, -0.15) is 0 Å². The van der Waals surface area contributed by atoms with Crippen LogP contribution < -0.4 is 4.74 Å². The molecule has 22 heavy (non-hydrogen) atoms. The molecule has 0 radical (unpaired) electrons. The first-order valence-electron chi connectivity index (χ1n) is 6.52. The van der Waals surface area contributed by atoms with Crippen LogP contribution in [0.3, 0.4) is 0 Å². The molecule has 0 atom stereocenters. The molecule has 0 N–H and O–H groups in total. The smallest absolute Gasteiger partial charge is 0.138 e. The van der Waals surface area contributed by atoms with E-state index in [9.17, 15) is 0 Å². The van der Waals surface area contributed by atoms with Gasteiger partial charge >= 0.3 is 0 Å². The topological polar surface area (TPSA) is 52.8 Å². The molecule has 0 unspecified atom stereocenters. The van der Waals surface area contributed by atoms with Gasteiger partial charge in [0.05, 0.1) is 18.1 Å². The van der Waals surface area contributed by atoms with Crippen molar-refractivity contribution in [3.05, 3.63) is 58.3 Å². The van der Waals surface area contributed by atoms with Crippen molar-refractivity contribution in [3.8, 4) is 17.1 Å². The molecule has 5 nitrogen and oxygen atoms in total. The van der Waals surface area contributed by atoms with E-state index in [-0.39, 0.29) is 6.61 Å². The first-order chi connectivity index (χ1) is 10.6. The third-order valence-corrected chi connectivity index (χ3v) is 3.75. The van der Waals surface area contributed by atoms with Crippen molar-refractivity contribution in [1.29, 1.82) is 0 Å². The Bertz CT molecular complexity index is 766. The highest BCUT2D eigenvalue weighted by Crippen LogP contribution is 2.26. The van der Waals surface area contributed by atoms with Gasteiger partial charge in [-0.05, 0) is 24.3 Å². The van der Waals surface area contributed by atoms with E-state index >= 15 is 0 Å².